The van der Waals surface area contributed by atoms with Crippen molar-refractivity contribution < 1.29 is 42.6 Å². The van der Waals surface area contributed by atoms with E-state index in [1.165, 1.54) is 4.90 Å². The minimum Gasteiger partial charge on any atom is -0.481 e. The first-order chi connectivity index (χ1) is 21.8. The lowest BCUT2D eigenvalue weighted by molar-refractivity contribution is -0.192. The monoisotopic (exact) mass is 643 g/mol. The highest BCUT2D eigenvalue weighted by molar-refractivity contribution is 6.10. The number of carbonyl (C=O) groups is 4. The Labute approximate surface area is 263 Å². The first-order valence-electron chi connectivity index (χ1n) is 14.5. The third kappa shape index (κ3) is 10.2. The van der Waals surface area contributed by atoms with Crippen molar-refractivity contribution in [2.24, 2.45) is 16.5 Å². The molecule has 2 amide bonds. The topological polar surface area (TPSA) is 180 Å². The van der Waals surface area contributed by atoms with Gasteiger partial charge in [-0.2, -0.15) is 13.2 Å². The normalized spacial score (nSPS) is 13.0. The molecule has 11 nitrogen and oxygen atoms in total. The lowest BCUT2D eigenvalue weighted by Crippen LogP contribution is -2.40. The number of aryl methyl sites for hydroxylation is 1. The summed E-state index contributed by atoms with van der Waals surface area (Å²) in [5.41, 5.74) is 13.7. The molecule has 1 heterocycles. The van der Waals surface area contributed by atoms with Gasteiger partial charge in [0.15, 0.2) is 5.96 Å². The number of alkyl halides is 3. The number of unbranched alkanes of at least 4 members (excludes halogenated alkanes) is 3. The molecule has 0 saturated heterocycles. The molecule has 0 atom stereocenters. The summed E-state index contributed by atoms with van der Waals surface area (Å²) in [5, 5.41) is 18.4. The molecule has 246 valence electrons. The van der Waals surface area contributed by atoms with Gasteiger partial charge in [0, 0.05) is 13.1 Å². The average Bonchev–Trinajstić information content (AvgIpc) is 3.09. The molecule has 14 heteroatoms. The number of anilines is 1. The molecular weight excluding hydrogens is 607 g/mol. The summed E-state index contributed by atoms with van der Waals surface area (Å²) in [7, 11) is 0. The van der Waals surface area contributed by atoms with Crippen molar-refractivity contribution in [3.05, 3.63) is 77.4 Å². The molecule has 1 aliphatic heterocycles. The second-order valence-corrected chi connectivity index (χ2v) is 10.6. The van der Waals surface area contributed by atoms with E-state index >= 15 is 0 Å². The summed E-state index contributed by atoms with van der Waals surface area (Å²) in [5.74, 6) is -4.23. The van der Waals surface area contributed by atoms with Crippen molar-refractivity contribution in [3.63, 3.8) is 0 Å². The predicted molar refractivity (Wildman–Crippen MR) is 166 cm³/mol. The van der Waals surface area contributed by atoms with Crippen LogP contribution in [0.1, 0.15) is 53.6 Å². The molecule has 3 aromatic carbocycles. The number of carboxylic acid groups (broad SMARTS) is 2. The maximum atomic E-state index is 13.6. The first kappa shape index (κ1) is 35.3. The van der Waals surface area contributed by atoms with Gasteiger partial charge in [0.05, 0.1) is 24.2 Å². The number of guanidine groups is 1. The number of hydrogen-bond donors (Lipinski definition) is 4. The largest absolute Gasteiger partial charge is 0.490 e. The number of rotatable bonds is 12. The second kappa shape index (κ2) is 16.3. The summed E-state index contributed by atoms with van der Waals surface area (Å²) in [6, 6.07) is 19.7. The Bertz CT molecular complexity index is 1580. The Balaban J connectivity index is 0.000000738. The predicted octanol–water partition coefficient (Wildman–Crippen LogP) is 4.31. The van der Waals surface area contributed by atoms with E-state index in [2.05, 4.69) is 4.99 Å². The molecule has 0 saturated carbocycles. The van der Waals surface area contributed by atoms with Gasteiger partial charge in [0.2, 0.25) is 5.91 Å². The number of nitrogens with zero attached hydrogens (tertiary/aromatic N) is 3. The maximum Gasteiger partial charge on any atom is 0.490 e. The Kier molecular flexibility index (Phi) is 12.5. The van der Waals surface area contributed by atoms with Gasteiger partial charge in [0.25, 0.3) is 5.91 Å². The van der Waals surface area contributed by atoms with E-state index in [0.717, 1.165) is 54.0 Å². The van der Waals surface area contributed by atoms with Crippen LogP contribution in [0.5, 0.6) is 0 Å². The molecule has 0 radical (unpaired) electrons. The van der Waals surface area contributed by atoms with E-state index in [0.29, 0.717) is 24.3 Å². The third-order valence-electron chi connectivity index (χ3n) is 7.21. The smallest absolute Gasteiger partial charge is 0.481 e. The number of halogens is 3. The number of fused-ring (bicyclic) bond motifs is 2. The number of aliphatic carboxylic acids is 2. The van der Waals surface area contributed by atoms with Gasteiger partial charge >= 0.3 is 18.1 Å². The summed E-state index contributed by atoms with van der Waals surface area (Å²) in [6.45, 7) is 0.725. The zero-order chi connectivity index (χ0) is 33.9. The number of carboxylic acids is 2. The van der Waals surface area contributed by atoms with Crippen LogP contribution >= 0.6 is 0 Å². The number of carbonyl (C=O) groups excluding carboxylic acids is 2. The summed E-state index contributed by atoms with van der Waals surface area (Å²) >= 11 is 0. The Morgan fingerprint density at radius 2 is 1.59 bits per heavy atom. The van der Waals surface area contributed by atoms with E-state index in [-0.39, 0.29) is 37.3 Å². The van der Waals surface area contributed by atoms with Gasteiger partial charge in [-0.25, -0.2) is 4.79 Å². The van der Waals surface area contributed by atoms with Crippen LogP contribution < -0.4 is 16.4 Å². The summed E-state index contributed by atoms with van der Waals surface area (Å²) in [6.07, 6.45) is -0.675. The van der Waals surface area contributed by atoms with Gasteiger partial charge in [-0.1, -0.05) is 61.4 Å². The lowest BCUT2D eigenvalue weighted by atomic mass is 10.0. The number of aliphatic imine (C=N–C) groups is 1. The molecule has 0 fully saturated rings. The number of hydrogen-bond acceptors (Lipinski definition) is 5. The molecule has 6 N–H and O–H groups in total. The zero-order valence-corrected chi connectivity index (χ0v) is 25.0. The van der Waals surface area contributed by atoms with Gasteiger partial charge in [-0.15, -0.1) is 0 Å². The fraction of sp³-hybridized carbons (Fsp3) is 0.344. The lowest BCUT2D eigenvalue weighted by Gasteiger charge is -2.24. The highest BCUT2D eigenvalue weighted by Gasteiger charge is 2.38. The summed E-state index contributed by atoms with van der Waals surface area (Å²) in [4.78, 5) is 54.2. The Hall–Kier alpha value is -5.14. The minimum absolute atomic E-state index is 0.0263. The van der Waals surface area contributed by atoms with Crippen molar-refractivity contribution >= 4 is 46.2 Å². The molecule has 1 aliphatic rings. The highest BCUT2D eigenvalue weighted by atomic mass is 19.4. The maximum absolute atomic E-state index is 13.6. The van der Waals surface area contributed by atoms with Crippen molar-refractivity contribution in [1.29, 1.82) is 0 Å². The van der Waals surface area contributed by atoms with E-state index in [1.807, 2.05) is 60.7 Å². The second-order valence-electron chi connectivity index (χ2n) is 10.6. The molecule has 4 rings (SSSR count). The molecular formula is C32H36F3N5O6. The van der Waals surface area contributed by atoms with Crippen LogP contribution in [0.4, 0.5) is 18.9 Å². The molecule has 0 aliphatic carbocycles. The SMILES string of the molecule is NC(N)=NCCCCCCc1ccc2c(c1)C(=O)N(CCC(=O)O)CC(=O)N2Cc1cccc2ccccc12.O=C(O)C(F)(F)F. The van der Waals surface area contributed by atoms with E-state index in [9.17, 15) is 32.7 Å². The molecule has 46 heavy (non-hydrogen) atoms. The number of amides is 2. The van der Waals surface area contributed by atoms with E-state index in [1.54, 1.807) is 4.90 Å². The van der Waals surface area contributed by atoms with Crippen molar-refractivity contribution in [1.82, 2.24) is 4.90 Å². The standard InChI is InChI=1S/C30H35N5O4.C2HF3O2/c31-30(32)33-16-6-2-1-3-8-21-13-14-26-25(18-21)29(39)34(17-15-28(37)38)20-27(36)35(26)19-23-11-7-10-22-9-4-5-12-24(22)23;3-2(4,5)1(6)7/h4-5,7,9-14,18H,1-3,6,8,15-17,19-20H2,(H,37,38)(H4,31,32,33);(H,6,7). The van der Waals surface area contributed by atoms with E-state index in [4.69, 9.17) is 21.4 Å². The average molecular weight is 644 g/mol. The molecule has 0 bridgehead atoms. The fourth-order valence-corrected chi connectivity index (χ4v) is 4.96. The number of nitrogens with two attached hydrogens (primary N) is 2. The van der Waals surface area contributed by atoms with Gasteiger partial charge in [-0.05, 0) is 53.3 Å². The van der Waals surface area contributed by atoms with E-state index < -0.39 is 18.1 Å². The van der Waals surface area contributed by atoms with Crippen LogP contribution in [-0.2, 0) is 27.3 Å². The van der Waals surface area contributed by atoms with Crippen molar-refractivity contribution in [2.75, 3.05) is 24.5 Å². The quantitative estimate of drug-likeness (QED) is 0.128. The number of benzene rings is 3. The minimum atomic E-state index is -5.08. The highest BCUT2D eigenvalue weighted by Crippen LogP contribution is 2.31. The Morgan fingerprint density at radius 3 is 2.26 bits per heavy atom. The van der Waals surface area contributed by atoms with Gasteiger partial charge in [0.1, 0.15) is 6.54 Å². The van der Waals surface area contributed by atoms with Crippen molar-refractivity contribution in [3.8, 4) is 0 Å². The van der Waals surface area contributed by atoms with Crippen LogP contribution in [0.15, 0.2) is 65.7 Å². The molecule has 0 spiro atoms. The van der Waals surface area contributed by atoms with Crippen LogP contribution in [-0.4, -0.2) is 70.6 Å². The van der Waals surface area contributed by atoms with Crippen molar-refractivity contribution in [2.45, 2.75) is 51.2 Å². The zero-order valence-electron chi connectivity index (χ0n) is 25.0. The summed E-state index contributed by atoms with van der Waals surface area (Å²) < 4.78 is 31.7. The third-order valence-corrected chi connectivity index (χ3v) is 7.21. The van der Waals surface area contributed by atoms with Crippen LogP contribution in [0, 0.1) is 0 Å². The Morgan fingerprint density at radius 1 is 0.913 bits per heavy atom. The van der Waals surface area contributed by atoms with Gasteiger partial charge in [-0.3, -0.25) is 19.4 Å². The van der Waals surface area contributed by atoms with Crippen LogP contribution in [0.25, 0.3) is 10.8 Å². The first-order valence-corrected chi connectivity index (χ1v) is 14.5. The molecule has 3 aromatic rings. The molecule has 0 aromatic heterocycles. The van der Waals surface area contributed by atoms with Crippen LogP contribution in [0.2, 0.25) is 0 Å². The fourth-order valence-electron chi connectivity index (χ4n) is 4.96. The molecule has 0 unspecified atom stereocenters. The van der Waals surface area contributed by atoms with Gasteiger partial charge < -0.3 is 31.5 Å². The van der Waals surface area contributed by atoms with Crippen LogP contribution in [0.3, 0.4) is 0 Å².